The third-order valence-corrected chi connectivity index (χ3v) is 4.53. The van der Waals surface area contributed by atoms with E-state index in [1.54, 1.807) is 0 Å². The van der Waals surface area contributed by atoms with Crippen molar-refractivity contribution in [2.24, 2.45) is 11.8 Å². The van der Waals surface area contributed by atoms with Gasteiger partial charge >= 0.3 is 65.3 Å². The first-order valence-corrected chi connectivity index (χ1v) is 7.77. The van der Waals surface area contributed by atoms with Crippen LogP contribution in [0.3, 0.4) is 0 Å². The molecule has 1 saturated heterocycles. The van der Waals surface area contributed by atoms with Crippen LogP contribution in [0.4, 0.5) is 0 Å². The number of rotatable bonds is 1. The molecule has 0 bridgehead atoms. The average molecular weight is 371 g/mol. The molecule has 1 aliphatic carbocycles. The van der Waals surface area contributed by atoms with Crippen molar-refractivity contribution in [2.45, 2.75) is 66.1 Å². The molecule has 1 heterocycles. The van der Waals surface area contributed by atoms with Gasteiger partial charge in [0, 0.05) is 0 Å². The van der Waals surface area contributed by atoms with E-state index in [-0.39, 0.29) is 81.2 Å². The van der Waals surface area contributed by atoms with Crippen molar-refractivity contribution in [1.82, 2.24) is 0 Å². The van der Waals surface area contributed by atoms with Gasteiger partial charge in [0.15, 0.2) is 0 Å². The van der Waals surface area contributed by atoms with Crippen molar-refractivity contribution in [2.75, 3.05) is 0 Å². The van der Waals surface area contributed by atoms with E-state index in [0.717, 1.165) is 11.9 Å². The van der Waals surface area contributed by atoms with Crippen LogP contribution in [0, 0.1) is 29.6 Å². The van der Waals surface area contributed by atoms with Crippen LogP contribution in [0.2, 0.25) is 0 Å². The quantitative estimate of drug-likeness (QED) is 0.497. The Morgan fingerprint density at radius 1 is 1.23 bits per heavy atom. The summed E-state index contributed by atoms with van der Waals surface area (Å²) in [4.78, 5) is 0. The predicted octanol–water partition coefficient (Wildman–Crippen LogP) is 0.454. The van der Waals surface area contributed by atoms with Crippen LogP contribution in [0.25, 0.3) is 0 Å². The first kappa shape index (κ1) is 23.0. The third kappa shape index (κ3) is 4.74. The van der Waals surface area contributed by atoms with Gasteiger partial charge in [0.05, 0.1) is 25.1 Å². The fraction of sp³-hybridized carbons (Fsp3) is 0.750. The minimum absolute atomic E-state index is 0. The molecule has 2 rings (SSSR count). The summed E-state index contributed by atoms with van der Waals surface area (Å²) < 4.78 is 12.1. The summed E-state index contributed by atoms with van der Waals surface area (Å²) in [5.74, 6) is 0.0884. The monoisotopic (exact) mass is 371 g/mol. The third-order valence-electron chi connectivity index (χ3n) is 4.53. The molecule has 0 aromatic carbocycles. The Morgan fingerprint density at radius 3 is 2.05 bits per heavy atom. The fourth-order valence-corrected chi connectivity index (χ4v) is 2.60. The second-order valence-corrected chi connectivity index (χ2v) is 6.54. The van der Waals surface area contributed by atoms with E-state index in [9.17, 15) is 0 Å². The molecule has 2 aliphatic rings. The van der Waals surface area contributed by atoms with Crippen LogP contribution in [0.15, 0.2) is 10.9 Å². The van der Waals surface area contributed by atoms with Crippen molar-refractivity contribution < 1.29 is 67.5 Å². The van der Waals surface area contributed by atoms with Gasteiger partial charge in [0.1, 0.15) is 0 Å². The molecule has 2 atom stereocenters. The van der Waals surface area contributed by atoms with E-state index < -0.39 is 7.12 Å². The van der Waals surface area contributed by atoms with E-state index in [4.69, 9.17) is 22.4 Å². The smallest absolute Gasteiger partial charge is 0.414 e. The molecule has 22 heavy (non-hydrogen) atoms. The van der Waals surface area contributed by atoms with Gasteiger partial charge in [0.25, 0.3) is 0 Å². The van der Waals surface area contributed by atoms with Crippen molar-refractivity contribution in [1.29, 1.82) is 5.26 Å². The molecule has 114 valence electrons. The predicted molar refractivity (Wildman–Crippen MR) is 87.4 cm³/mol. The molecule has 2 unspecified atom stereocenters. The minimum Gasteiger partial charge on any atom is -0.414 e. The maximum atomic E-state index is 9.02. The molecule has 0 aromatic rings. The molecule has 3 nitrogen and oxygen atoms in total. The largest absolute Gasteiger partial charge is 1.00 e. The first-order chi connectivity index (χ1) is 9.68. The Labute approximate surface area is 186 Å². The van der Waals surface area contributed by atoms with Crippen LogP contribution in [0.1, 0.15) is 54.9 Å². The Morgan fingerprint density at radius 2 is 1.68 bits per heavy atom. The summed E-state index contributed by atoms with van der Waals surface area (Å²) in [5, 5.41) is 9.02. The number of allylic oxidation sites excluding steroid dienone is 2. The van der Waals surface area contributed by atoms with E-state index >= 15 is 0 Å². The van der Waals surface area contributed by atoms with Crippen LogP contribution in [0.5, 0.6) is 0 Å². The molecule has 0 aromatic heterocycles. The minimum atomic E-state index is -0.407. The van der Waals surface area contributed by atoms with Gasteiger partial charge in [-0.1, -0.05) is 33.1 Å². The molecular formula is C16H26B2NO2Rb. The second-order valence-electron chi connectivity index (χ2n) is 6.54. The van der Waals surface area contributed by atoms with Crippen molar-refractivity contribution in [3.63, 3.8) is 0 Å². The van der Waals surface area contributed by atoms with Gasteiger partial charge in [-0.25, -0.2) is 6.42 Å². The normalized spacial score (nSPS) is 28.7. The molecule has 0 saturated carbocycles. The summed E-state index contributed by atoms with van der Waals surface area (Å²) in [6.45, 7) is 14.2. The number of hydrogen-bond donors (Lipinski definition) is 0. The molecule has 1 aliphatic heterocycles. The van der Waals surface area contributed by atoms with Gasteiger partial charge in [0.2, 0.25) is 0 Å². The SMILES string of the molecule is CC.[B]C1=C(B2OC(C)(C)C(C)(C)O2)C(C)CC(C#N)[CH-]1.[Rb+]. The molecule has 0 amide bonds. The zero-order valence-corrected chi connectivity index (χ0v) is 20.3. The van der Waals surface area contributed by atoms with Crippen molar-refractivity contribution in [3.05, 3.63) is 17.4 Å². The molecule has 0 N–H and O–H groups in total. The number of nitrogens with zero attached hydrogens (tertiary/aromatic N) is 1. The van der Waals surface area contributed by atoms with Crippen LogP contribution < -0.4 is 58.2 Å². The van der Waals surface area contributed by atoms with Crippen LogP contribution in [-0.2, 0) is 9.31 Å². The molecule has 1 fully saturated rings. The Balaban J connectivity index is 0.00000141. The Kier molecular flexibility index (Phi) is 9.26. The summed E-state index contributed by atoms with van der Waals surface area (Å²) in [6.07, 6.45) is 2.59. The molecule has 0 spiro atoms. The summed E-state index contributed by atoms with van der Waals surface area (Å²) in [6, 6.07) is 2.26. The topological polar surface area (TPSA) is 42.2 Å². The van der Waals surface area contributed by atoms with Crippen LogP contribution >= 0.6 is 0 Å². The van der Waals surface area contributed by atoms with Crippen LogP contribution in [-0.4, -0.2) is 26.2 Å². The van der Waals surface area contributed by atoms with E-state index in [1.165, 1.54) is 0 Å². The van der Waals surface area contributed by atoms with Gasteiger partial charge in [-0.2, -0.15) is 10.7 Å². The maximum Gasteiger partial charge on any atom is 1.00 e. The van der Waals surface area contributed by atoms with E-state index in [1.807, 2.05) is 48.0 Å². The van der Waals surface area contributed by atoms with Gasteiger partial charge in [-0.3, -0.25) is 5.47 Å². The Hall–Kier alpha value is 0.955. The van der Waals surface area contributed by atoms with Gasteiger partial charge in [-0.05, 0) is 33.6 Å². The summed E-state index contributed by atoms with van der Waals surface area (Å²) in [7, 11) is 5.70. The summed E-state index contributed by atoms with van der Waals surface area (Å²) >= 11 is 0. The fourth-order valence-electron chi connectivity index (χ4n) is 2.60. The standard InChI is InChI=1S/C14H20B2NO2.C2H6.Rb/c1-9-6-10(8-17)7-11(15)12(9)16-18-13(2,3)14(4,5)19-16;1-2;/h7,9-10H,6H2,1-5H3;1-2H3;/q-1;;+1. The maximum absolute atomic E-state index is 9.02. The second kappa shape index (κ2) is 8.88. The van der Waals surface area contributed by atoms with E-state index in [0.29, 0.717) is 5.47 Å². The zero-order valence-electron chi connectivity index (χ0n) is 15.4. The first-order valence-electron chi connectivity index (χ1n) is 7.77. The zero-order chi connectivity index (χ0) is 16.4. The molecular weight excluding hydrogens is 345 g/mol. The number of nitriles is 1. The molecule has 6 heteroatoms. The molecule has 2 radical (unpaired) electrons. The van der Waals surface area contributed by atoms with Crippen molar-refractivity contribution >= 4 is 15.0 Å². The van der Waals surface area contributed by atoms with Crippen molar-refractivity contribution in [3.8, 4) is 6.07 Å². The van der Waals surface area contributed by atoms with Gasteiger partial charge < -0.3 is 9.31 Å². The Bertz CT molecular complexity index is 442. The number of hydrogen-bond acceptors (Lipinski definition) is 3. The summed E-state index contributed by atoms with van der Waals surface area (Å²) in [5.41, 5.74) is 0.891. The van der Waals surface area contributed by atoms with Gasteiger partial charge in [-0.15, -0.1) is 0 Å². The van der Waals surface area contributed by atoms with E-state index in [2.05, 4.69) is 13.0 Å². The average Bonchev–Trinajstić information content (AvgIpc) is 2.59.